The minimum atomic E-state index is -0.160. The average molecular weight is 284 g/mol. The number of ether oxygens (including phenoxy) is 1. The molecule has 0 aliphatic carbocycles. The lowest BCUT2D eigenvalue weighted by atomic mass is 10.1. The van der Waals surface area contributed by atoms with Crippen molar-refractivity contribution in [1.82, 2.24) is 0 Å². The van der Waals surface area contributed by atoms with E-state index in [2.05, 4.69) is 10.6 Å². The molecule has 0 saturated carbocycles. The van der Waals surface area contributed by atoms with Crippen LogP contribution < -0.4 is 15.4 Å². The van der Waals surface area contributed by atoms with Crippen LogP contribution in [0, 0.1) is 0 Å². The molecule has 2 aromatic rings. The van der Waals surface area contributed by atoms with Crippen LogP contribution in [-0.4, -0.2) is 19.6 Å². The summed E-state index contributed by atoms with van der Waals surface area (Å²) in [6.07, 6.45) is 0.921. The first-order chi connectivity index (χ1) is 10.3. The SMILES string of the molecule is CCCOc1ccccc1NC(=O)c1ccccc1NC. The number of carbonyl (C=O) groups is 1. The summed E-state index contributed by atoms with van der Waals surface area (Å²) in [6, 6.07) is 14.8. The molecule has 21 heavy (non-hydrogen) atoms. The Kier molecular flexibility index (Phi) is 5.21. The molecule has 4 heteroatoms. The van der Waals surface area contributed by atoms with Crippen molar-refractivity contribution in [2.45, 2.75) is 13.3 Å². The summed E-state index contributed by atoms with van der Waals surface area (Å²) < 4.78 is 5.65. The zero-order chi connectivity index (χ0) is 15.1. The summed E-state index contributed by atoms with van der Waals surface area (Å²) in [4.78, 5) is 12.4. The van der Waals surface area contributed by atoms with E-state index in [1.807, 2.05) is 49.4 Å². The Morgan fingerprint density at radius 1 is 1.05 bits per heavy atom. The standard InChI is InChI=1S/C17H20N2O2/c1-3-12-21-16-11-7-6-10-15(16)19-17(20)13-8-4-5-9-14(13)18-2/h4-11,18H,3,12H2,1-2H3,(H,19,20). The van der Waals surface area contributed by atoms with Gasteiger partial charge in [0.05, 0.1) is 17.9 Å². The Balaban J connectivity index is 2.19. The minimum Gasteiger partial charge on any atom is -0.491 e. The van der Waals surface area contributed by atoms with E-state index in [1.165, 1.54) is 0 Å². The smallest absolute Gasteiger partial charge is 0.257 e. The Morgan fingerprint density at radius 3 is 2.43 bits per heavy atom. The molecule has 4 nitrogen and oxygen atoms in total. The van der Waals surface area contributed by atoms with Crippen LogP contribution in [0.4, 0.5) is 11.4 Å². The monoisotopic (exact) mass is 284 g/mol. The van der Waals surface area contributed by atoms with Gasteiger partial charge in [0.25, 0.3) is 5.91 Å². The van der Waals surface area contributed by atoms with Crippen LogP contribution >= 0.6 is 0 Å². The second kappa shape index (κ2) is 7.33. The molecule has 0 spiro atoms. The number of rotatable bonds is 6. The molecular formula is C17H20N2O2. The molecule has 2 rings (SSSR count). The number of nitrogens with one attached hydrogen (secondary N) is 2. The maximum Gasteiger partial charge on any atom is 0.257 e. The van der Waals surface area contributed by atoms with Crippen LogP contribution in [0.15, 0.2) is 48.5 Å². The van der Waals surface area contributed by atoms with Crippen molar-refractivity contribution < 1.29 is 9.53 Å². The number of carbonyl (C=O) groups excluding carboxylic acids is 1. The summed E-state index contributed by atoms with van der Waals surface area (Å²) in [5, 5.41) is 5.93. The lowest BCUT2D eigenvalue weighted by Gasteiger charge is -2.13. The average Bonchev–Trinajstić information content (AvgIpc) is 2.54. The lowest BCUT2D eigenvalue weighted by Crippen LogP contribution is -2.14. The number of anilines is 2. The van der Waals surface area contributed by atoms with Gasteiger partial charge in [0.2, 0.25) is 0 Å². The lowest BCUT2D eigenvalue weighted by molar-refractivity contribution is 0.102. The Hall–Kier alpha value is -2.49. The van der Waals surface area contributed by atoms with Crippen molar-refractivity contribution in [3.63, 3.8) is 0 Å². The molecule has 110 valence electrons. The fourth-order valence-corrected chi connectivity index (χ4v) is 2.00. The van der Waals surface area contributed by atoms with Gasteiger partial charge in [-0.3, -0.25) is 4.79 Å². The van der Waals surface area contributed by atoms with Gasteiger partial charge in [-0.1, -0.05) is 31.2 Å². The van der Waals surface area contributed by atoms with Gasteiger partial charge in [-0.25, -0.2) is 0 Å². The van der Waals surface area contributed by atoms with E-state index < -0.39 is 0 Å². The molecule has 0 fully saturated rings. The molecule has 0 radical (unpaired) electrons. The maximum atomic E-state index is 12.4. The first-order valence-electron chi connectivity index (χ1n) is 7.06. The van der Waals surface area contributed by atoms with Crippen LogP contribution in [0.1, 0.15) is 23.7 Å². The number of hydrogen-bond donors (Lipinski definition) is 2. The minimum absolute atomic E-state index is 0.160. The third-order valence-corrected chi connectivity index (χ3v) is 3.04. The highest BCUT2D eigenvalue weighted by atomic mass is 16.5. The van der Waals surface area contributed by atoms with Gasteiger partial charge >= 0.3 is 0 Å². The number of hydrogen-bond acceptors (Lipinski definition) is 3. The van der Waals surface area contributed by atoms with Crippen LogP contribution in [0.25, 0.3) is 0 Å². The van der Waals surface area contributed by atoms with Crippen molar-refractivity contribution in [3.8, 4) is 5.75 Å². The Bertz CT molecular complexity index is 611. The molecule has 2 aromatic carbocycles. The van der Waals surface area contributed by atoms with Crippen molar-refractivity contribution in [2.24, 2.45) is 0 Å². The van der Waals surface area contributed by atoms with E-state index in [0.29, 0.717) is 23.6 Å². The second-order valence-electron chi connectivity index (χ2n) is 4.59. The number of para-hydroxylation sites is 3. The molecule has 0 unspecified atom stereocenters. The van der Waals surface area contributed by atoms with Crippen molar-refractivity contribution in [2.75, 3.05) is 24.3 Å². The number of amides is 1. The fraction of sp³-hybridized carbons (Fsp3) is 0.235. The predicted molar refractivity (Wildman–Crippen MR) is 86.2 cm³/mol. The van der Waals surface area contributed by atoms with E-state index in [1.54, 1.807) is 13.1 Å². The first-order valence-corrected chi connectivity index (χ1v) is 7.06. The van der Waals surface area contributed by atoms with Crippen molar-refractivity contribution >= 4 is 17.3 Å². The highest BCUT2D eigenvalue weighted by Crippen LogP contribution is 2.25. The van der Waals surface area contributed by atoms with E-state index >= 15 is 0 Å². The molecule has 0 atom stereocenters. The maximum absolute atomic E-state index is 12.4. The van der Waals surface area contributed by atoms with Gasteiger partial charge in [-0.05, 0) is 30.7 Å². The second-order valence-corrected chi connectivity index (χ2v) is 4.59. The van der Waals surface area contributed by atoms with Crippen LogP contribution in [0.2, 0.25) is 0 Å². The van der Waals surface area contributed by atoms with Gasteiger partial charge in [-0.15, -0.1) is 0 Å². The van der Waals surface area contributed by atoms with E-state index in [0.717, 1.165) is 12.1 Å². The molecule has 0 aromatic heterocycles. The van der Waals surface area contributed by atoms with Gasteiger partial charge in [-0.2, -0.15) is 0 Å². The normalized spacial score (nSPS) is 10.0. The largest absolute Gasteiger partial charge is 0.491 e. The highest BCUT2D eigenvalue weighted by molar-refractivity contribution is 6.08. The van der Waals surface area contributed by atoms with Gasteiger partial charge < -0.3 is 15.4 Å². The quantitative estimate of drug-likeness (QED) is 0.849. The summed E-state index contributed by atoms with van der Waals surface area (Å²) in [7, 11) is 1.80. The van der Waals surface area contributed by atoms with Gasteiger partial charge in [0.15, 0.2) is 0 Å². The van der Waals surface area contributed by atoms with E-state index in [9.17, 15) is 4.79 Å². The molecule has 0 bridgehead atoms. The summed E-state index contributed by atoms with van der Waals surface area (Å²) in [5.74, 6) is 0.530. The van der Waals surface area contributed by atoms with Crippen LogP contribution in [0.5, 0.6) is 5.75 Å². The topological polar surface area (TPSA) is 50.4 Å². The third-order valence-electron chi connectivity index (χ3n) is 3.04. The molecular weight excluding hydrogens is 264 g/mol. The van der Waals surface area contributed by atoms with Crippen molar-refractivity contribution in [1.29, 1.82) is 0 Å². The first kappa shape index (κ1) is 14.9. The number of benzene rings is 2. The fourth-order valence-electron chi connectivity index (χ4n) is 2.00. The summed E-state index contributed by atoms with van der Waals surface area (Å²) in [5.41, 5.74) is 2.08. The van der Waals surface area contributed by atoms with Crippen molar-refractivity contribution in [3.05, 3.63) is 54.1 Å². The molecule has 0 saturated heterocycles. The zero-order valence-corrected chi connectivity index (χ0v) is 12.3. The third kappa shape index (κ3) is 3.75. The summed E-state index contributed by atoms with van der Waals surface area (Å²) >= 11 is 0. The van der Waals surface area contributed by atoms with E-state index in [4.69, 9.17) is 4.74 Å². The predicted octanol–water partition coefficient (Wildman–Crippen LogP) is 3.77. The molecule has 0 heterocycles. The molecule has 2 N–H and O–H groups in total. The van der Waals surface area contributed by atoms with Crippen LogP contribution in [-0.2, 0) is 0 Å². The van der Waals surface area contributed by atoms with Gasteiger partial charge in [0, 0.05) is 12.7 Å². The molecule has 1 amide bonds. The van der Waals surface area contributed by atoms with E-state index in [-0.39, 0.29) is 5.91 Å². The molecule has 0 aliphatic rings. The Labute approximate surface area is 125 Å². The zero-order valence-electron chi connectivity index (χ0n) is 12.3. The highest BCUT2D eigenvalue weighted by Gasteiger charge is 2.12. The molecule has 0 aliphatic heterocycles. The van der Waals surface area contributed by atoms with Crippen LogP contribution in [0.3, 0.4) is 0 Å². The summed E-state index contributed by atoms with van der Waals surface area (Å²) in [6.45, 7) is 2.67. The van der Waals surface area contributed by atoms with Gasteiger partial charge in [0.1, 0.15) is 5.75 Å². The Morgan fingerprint density at radius 2 is 1.71 bits per heavy atom.